The number of anilines is 1. The lowest BCUT2D eigenvalue weighted by molar-refractivity contribution is 0.0618. The highest BCUT2D eigenvalue weighted by Gasteiger charge is 2.26. The Balaban J connectivity index is 2.01. The summed E-state index contributed by atoms with van der Waals surface area (Å²) in [7, 11) is 0. The third kappa shape index (κ3) is 5.55. The fourth-order valence-corrected chi connectivity index (χ4v) is 3.16. The normalized spacial score (nSPS) is 16.0. The van der Waals surface area contributed by atoms with Crippen molar-refractivity contribution in [2.24, 2.45) is 5.41 Å². The highest BCUT2D eigenvalue weighted by atomic mass is 35.5. The van der Waals surface area contributed by atoms with Crippen LogP contribution in [0, 0.1) is 5.41 Å². The van der Waals surface area contributed by atoms with E-state index in [-0.39, 0.29) is 5.91 Å². The van der Waals surface area contributed by atoms with Gasteiger partial charge < -0.3 is 9.80 Å². The van der Waals surface area contributed by atoms with E-state index in [1.807, 2.05) is 23.6 Å². The topological polar surface area (TPSA) is 52.6 Å². The minimum absolute atomic E-state index is 0.0960. The molecule has 1 amide bonds. The first-order chi connectivity index (χ1) is 12.2. The summed E-state index contributed by atoms with van der Waals surface area (Å²) >= 11 is 6.23. The molecule has 1 aromatic heterocycles. The summed E-state index contributed by atoms with van der Waals surface area (Å²) in [5.41, 5.74) is 0.647. The lowest BCUT2D eigenvalue weighted by Crippen LogP contribution is -2.49. The molecule has 0 spiro atoms. The molecule has 146 valence electrons. The van der Waals surface area contributed by atoms with Crippen molar-refractivity contribution in [1.82, 2.24) is 19.8 Å². The zero-order valence-corrected chi connectivity index (χ0v) is 17.5. The molecule has 0 N–H and O–H groups in total. The van der Waals surface area contributed by atoms with Gasteiger partial charge in [0, 0.05) is 39.3 Å². The standard InChI is InChI=1S/C19H32ClN5O/c1-6-24(7-2)18-21-14-15(20)16(22-18)17(26)25-12-10-23(11-13-25)9-8-19(3,4)5/h14H,6-13H2,1-5H3. The molecule has 1 aliphatic heterocycles. The van der Waals surface area contributed by atoms with E-state index >= 15 is 0 Å². The van der Waals surface area contributed by atoms with Crippen LogP contribution < -0.4 is 4.90 Å². The zero-order valence-electron chi connectivity index (χ0n) is 16.8. The molecule has 0 aliphatic carbocycles. The van der Waals surface area contributed by atoms with Crippen molar-refractivity contribution in [2.45, 2.75) is 41.0 Å². The Morgan fingerprint density at radius 3 is 2.35 bits per heavy atom. The molecule has 6 nitrogen and oxygen atoms in total. The summed E-state index contributed by atoms with van der Waals surface area (Å²) in [5, 5.41) is 0.320. The molecule has 0 unspecified atom stereocenters. The molecule has 2 heterocycles. The van der Waals surface area contributed by atoms with Crippen molar-refractivity contribution in [3.63, 3.8) is 0 Å². The van der Waals surface area contributed by atoms with Gasteiger partial charge >= 0.3 is 0 Å². The summed E-state index contributed by atoms with van der Waals surface area (Å²) in [6, 6.07) is 0. The Morgan fingerprint density at radius 1 is 1.19 bits per heavy atom. The van der Waals surface area contributed by atoms with Crippen LogP contribution in [0.1, 0.15) is 51.5 Å². The molecule has 7 heteroatoms. The number of piperazine rings is 1. The lowest BCUT2D eigenvalue weighted by Gasteiger charge is -2.36. The van der Waals surface area contributed by atoms with E-state index in [0.717, 1.165) is 39.1 Å². The zero-order chi connectivity index (χ0) is 19.3. The van der Waals surface area contributed by atoms with Gasteiger partial charge in [0.2, 0.25) is 5.95 Å². The van der Waals surface area contributed by atoms with Crippen molar-refractivity contribution in [3.05, 3.63) is 16.9 Å². The number of carbonyl (C=O) groups is 1. The van der Waals surface area contributed by atoms with E-state index in [1.165, 1.54) is 6.20 Å². The largest absolute Gasteiger partial charge is 0.341 e. The van der Waals surface area contributed by atoms with E-state index in [2.05, 4.69) is 35.6 Å². The quantitative estimate of drug-likeness (QED) is 0.757. The van der Waals surface area contributed by atoms with Crippen LogP contribution in [0.4, 0.5) is 5.95 Å². The van der Waals surface area contributed by atoms with Gasteiger partial charge in [-0.2, -0.15) is 0 Å². The van der Waals surface area contributed by atoms with Crippen molar-refractivity contribution < 1.29 is 4.79 Å². The minimum Gasteiger partial charge on any atom is -0.341 e. The van der Waals surface area contributed by atoms with Gasteiger partial charge in [-0.1, -0.05) is 32.4 Å². The molecular formula is C19H32ClN5O. The van der Waals surface area contributed by atoms with Crippen LogP contribution in [0.3, 0.4) is 0 Å². The Morgan fingerprint density at radius 2 is 1.81 bits per heavy atom. The molecule has 1 aliphatic rings. The van der Waals surface area contributed by atoms with E-state index in [4.69, 9.17) is 11.6 Å². The van der Waals surface area contributed by atoms with Crippen molar-refractivity contribution in [2.75, 3.05) is 50.7 Å². The molecule has 2 rings (SSSR count). The number of nitrogens with zero attached hydrogens (tertiary/aromatic N) is 5. The number of carbonyl (C=O) groups excluding carboxylic acids is 1. The van der Waals surface area contributed by atoms with Crippen LogP contribution in [0.25, 0.3) is 0 Å². The van der Waals surface area contributed by atoms with Crippen LogP contribution in [-0.4, -0.2) is 71.5 Å². The Kier molecular flexibility index (Phi) is 7.24. The Hall–Kier alpha value is -1.40. The average molecular weight is 382 g/mol. The van der Waals surface area contributed by atoms with E-state index in [0.29, 0.717) is 35.2 Å². The van der Waals surface area contributed by atoms with Gasteiger partial charge in [-0.05, 0) is 32.2 Å². The molecule has 26 heavy (non-hydrogen) atoms. The molecule has 1 aromatic rings. The van der Waals surface area contributed by atoms with Gasteiger partial charge in [0.1, 0.15) is 0 Å². The Bertz CT molecular complexity index is 604. The number of hydrogen-bond donors (Lipinski definition) is 0. The SMILES string of the molecule is CCN(CC)c1ncc(Cl)c(C(=O)N2CCN(CCC(C)(C)C)CC2)n1. The second-order valence-electron chi connectivity index (χ2n) is 7.98. The molecule has 1 saturated heterocycles. The molecule has 0 bridgehead atoms. The number of amides is 1. The van der Waals surface area contributed by atoms with Crippen LogP contribution in [-0.2, 0) is 0 Å². The van der Waals surface area contributed by atoms with Gasteiger partial charge in [0.05, 0.1) is 11.2 Å². The summed E-state index contributed by atoms with van der Waals surface area (Å²) in [6.07, 6.45) is 2.70. The van der Waals surface area contributed by atoms with E-state index in [1.54, 1.807) is 0 Å². The molecule has 1 fully saturated rings. The predicted molar refractivity (Wildman–Crippen MR) is 107 cm³/mol. The first kappa shape index (κ1) is 20.9. The minimum atomic E-state index is -0.0960. The molecular weight excluding hydrogens is 350 g/mol. The highest BCUT2D eigenvalue weighted by Crippen LogP contribution is 2.21. The van der Waals surface area contributed by atoms with Gasteiger partial charge in [0.15, 0.2) is 5.69 Å². The number of aromatic nitrogens is 2. The third-order valence-electron chi connectivity index (χ3n) is 4.82. The number of hydrogen-bond acceptors (Lipinski definition) is 5. The second-order valence-corrected chi connectivity index (χ2v) is 8.39. The average Bonchev–Trinajstić information content (AvgIpc) is 2.61. The summed E-state index contributed by atoms with van der Waals surface area (Å²) in [5.74, 6) is 0.466. The molecule has 0 aromatic carbocycles. The Labute approximate surface area is 162 Å². The number of rotatable bonds is 6. The number of halogens is 1. The molecule has 0 radical (unpaired) electrons. The molecule has 0 saturated carbocycles. The summed E-state index contributed by atoms with van der Waals surface area (Å²) in [4.78, 5) is 27.9. The highest BCUT2D eigenvalue weighted by molar-refractivity contribution is 6.33. The summed E-state index contributed by atoms with van der Waals surface area (Å²) in [6.45, 7) is 16.7. The lowest BCUT2D eigenvalue weighted by atomic mass is 9.92. The fraction of sp³-hybridized carbons (Fsp3) is 0.737. The second kappa shape index (κ2) is 9.00. The molecule has 0 atom stereocenters. The van der Waals surface area contributed by atoms with Crippen LogP contribution in [0.15, 0.2) is 6.20 Å². The van der Waals surface area contributed by atoms with Gasteiger partial charge in [-0.25, -0.2) is 9.97 Å². The predicted octanol–water partition coefficient (Wildman–Crippen LogP) is 3.17. The monoisotopic (exact) mass is 381 g/mol. The van der Waals surface area contributed by atoms with E-state index < -0.39 is 0 Å². The maximum absolute atomic E-state index is 12.9. The smallest absolute Gasteiger partial charge is 0.274 e. The van der Waals surface area contributed by atoms with Crippen LogP contribution in [0.5, 0.6) is 0 Å². The van der Waals surface area contributed by atoms with Crippen molar-refractivity contribution in [3.8, 4) is 0 Å². The fourth-order valence-electron chi connectivity index (χ4n) is 2.98. The summed E-state index contributed by atoms with van der Waals surface area (Å²) < 4.78 is 0. The maximum Gasteiger partial charge on any atom is 0.274 e. The van der Waals surface area contributed by atoms with Crippen molar-refractivity contribution >= 4 is 23.5 Å². The first-order valence-electron chi connectivity index (χ1n) is 9.54. The third-order valence-corrected chi connectivity index (χ3v) is 5.09. The van der Waals surface area contributed by atoms with Gasteiger partial charge in [0.25, 0.3) is 5.91 Å². The van der Waals surface area contributed by atoms with Gasteiger partial charge in [-0.15, -0.1) is 0 Å². The van der Waals surface area contributed by atoms with Crippen molar-refractivity contribution in [1.29, 1.82) is 0 Å². The first-order valence-corrected chi connectivity index (χ1v) is 9.92. The van der Waals surface area contributed by atoms with Crippen LogP contribution in [0.2, 0.25) is 5.02 Å². The van der Waals surface area contributed by atoms with E-state index in [9.17, 15) is 4.79 Å². The van der Waals surface area contributed by atoms with Crippen LogP contribution >= 0.6 is 11.6 Å². The maximum atomic E-state index is 12.9. The van der Waals surface area contributed by atoms with Gasteiger partial charge in [-0.3, -0.25) is 9.69 Å².